The number of rotatable bonds is 4. The molecule has 4 nitrogen and oxygen atoms in total. The summed E-state index contributed by atoms with van der Waals surface area (Å²) in [7, 11) is 0. The summed E-state index contributed by atoms with van der Waals surface area (Å²) in [6, 6.07) is 7.30. The third-order valence-corrected chi connectivity index (χ3v) is 5.63. The number of ether oxygens (including phenoxy) is 2. The molecule has 4 rings (SSSR count). The second-order valence-electron chi connectivity index (χ2n) is 8.43. The molecule has 29 heavy (non-hydrogen) atoms. The van der Waals surface area contributed by atoms with Crippen molar-refractivity contribution in [2.45, 2.75) is 52.6 Å². The number of aromatic hydroxyl groups is 2. The van der Waals surface area contributed by atoms with Crippen LogP contribution >= 0.6 is 0 Å². The van der Waals surface area contributed by atoms with E-state index in [1.54, 1.807) is 12.1 Å². The minimum Gasteiger partial charge on any atom is -0.508 e. The standard InChI is InChI=1S/C25H28O4/c1-14(2)5-7-16-11-20-24(19(23(16)27)9-6-15(3)4)28-13-21-18-10-8-17(26)12-22(18)29-25(20)21/h5-6,8,10-12,21,25-27H,7,9,13H2,1-4H3. The highest BCUT2D eigenvalue weighted by Gasteiger charge is 2.42. The highest BCUT2D eigenvalue weighted by Crippen LogP contribution is 2.54. The molecule has 2 N–H and O–H groups in total. The van der Waals surface area contributed by atoms with Crippen molar-refractivity contribution < 1.29 is 19.7 Å². The fraction of sp³-hybridized carbons (Fsp3) is 0.360. The van der Waals surface area contributed by atoms with Crippen molar-refractivity contribution in [3.63, 3.8) is 0 Å². The molecule has 152 valence electrons. The Morgan fingerprint density at radius 2 is 1.72 bits per heavy atom. The average Bonchev–Trinajstić information content (AvgIpc) is 3.03. The molecule has 0 radical (unpaired) electrons. The first kappa shape index (κ1) is 19.4. The number of fused-ring (bicyclic) bond motifs is 5. The second kappa shape index (κ2) is 7.51. The van der Waals surface area contributed by atoms with E-state index in [0.29, 0.717) is 30.9 Å². The Labute approximate surface area is 172 Å². The molecule has 2 aromatic rings. The molecule has 0 aliphatic carbocycles. The molecular weight excluding hydrogens is 364 g/mol. The van der Waals surface area contributed by atoms with E-state index in [2.05, 4.69) is 39.8 Å². The topological polar surface area (TPSA) is 58.9 Å². The predicted octanol–water partition coefficient (Wildman–Crippen LogP) is 5.72. The first-order valence-electron chi connectivity index (χ1n) is 10.1. The van der Waals surface area contributed by atoms with Gasteiger partial charge in [-0.3, -0.25) is 0 Å². The van der Waals surface area contributed by atoms with Crippen LogP contribution in [0.4, 0.5) is 0 Å². The van der Waals surface area contributed by atoms with Crippen LogP contribution in [0, 0.1) is 0 Å². The van der Waals surface area contributed by atoms with Gasteiger partial charge < -0.3 is 19.7 Å². The zero-order valence-electron chi connectivity index (χ0n) is 17.5. The van der Waals surface area contributed by atoms with Gasteiger partial charge in [0.25, 0.3) is 0 Å². The molecule has 2 aliphatic rings. The largest absolute Gasteiger partial charge is 0.508 e. The van der Waals surface area contributed by atoms with Gasteiger partial charge in [0.1, 0.15) is 29.1 Å². The van der Waals surface area contributed by atoms with Crippen molar-refractivity contribution in [2.24, 2.45) is 0 Å². The number of benzene rings is 2. The molecule has 0 saturated carbocycles. The molecule has 0 fully saturated rings. The van der Waals surface area contributed by atoms with E-state index in [9.17, 15) is 10.2 Å². The first-order chi connectivity index (χ1) is 13.8. The summed E-state index contributed by atoms with van der Waals surface area (Å²) in [5.41, 5.74) is 6.14. The Hall–Kier alpha value is -2.88. The molecule has 2 unspecified atom stereocenters. The van der Waals surface area contributed by atoms with Crippen molar-refractivity contribution in [2.75, 3.05) is 6.61 Å². The van der Waals surface area contributed by atoms with Gasteiger partial charge in [0, 0.05) is 22.8 Å². The summed E-state index contributed by atoms with van der Waals surface area (Å²) in [6.07, 6.45) is 5.33. The van der Waals surface area contributed by atoms with Crippen LogP contribution in [0.3, 0.4) is 0 Å². The summed E-state index contributed by atoms with van der Waals surface area (Å²) in [4.78, 5) is 0. The first-order valence-corrected chi connectivity index (χ1v) is 10.1. The summed E-state index contributed by atoms with van der Waals surface area (Å²) < 4.78 is 12.5. The van der Waals surface area contributed by atoms with Crippen molar-refractivity contribution in [1.29, 1.82) is 0 Å². The molecule has 0 aromatic heterocycles. The van der Waals surface area contributed by atoms with Gasteiger partial charge in [-0.25, -0.2) is 0 Å². The molecule has 2 atom stereocenters. The molecule has 0 amide bonds. The lowest BCUT2D eigenvalue weighted by Gasteiger charge is -2.30. The molecule has 0 saturated heterocycles. The van der Waals surface area contributed by atoms with Crippen molar-refractivity contribution in [3.8, 4) is 23.0 Å². The van der Waals surface area contributed by atoms with Crippen LogP contribution in [0.1, 0.15) is 62.0 Å². The van der Waals surface area contributed by atoms with Gasteiger partial charge in [0.15, 0.2) is 0 Å². The molecule has 0 bridgehead atoms. The third kappa shape index (κ3) is 3.59. The van der Waals surface area contributed by atoms with E-state index < -0.39 is 0 Å². The maximum Gasteiger partial charge on any atom is 0.138 e. The molecule has 0 spiro atoms. The van der Waals surface area contributed by atoms with Gasteiger partial charge in [-0.1, -0.05) is 29.4 Å². The summed E-state index contributed by atoms with van der Waals surface area (Å²) in [5.74, 6) is 2.03. The maximum absolute atomic E-state index is 11.0. The van der Waals surface area contributed by atoms with Crippen LogP contribution < -0.4 is 9.47 Å². The number of allylic oxidation sites excluding steroid dienone is 4. The van der Waals surface area contributed by atoms with Gasteiger partial charge in [-0.05, 0) is 58.2 Å². The highest BCUT2D eigenvalue weighted by molar-refractivity contribution is 5.59. The zero-order valence-corrected chi connectivity index (χ0v) is 17.5. The Morgan fingerprint density at radius 3 is 2.45 bits per heavy atom. The van der Waals surface area contributed by atoms with Crippen LogP contribution in [0.5, 0.6) is 23.0 Å². The summed E-state index contributed by atoms with van der Waals surface area (Å²) in [6.45, 7) is 8.71. The molecule has 4 heteroatoms. The number of phenolic OH excluding ortho intramolecular Hbond substituents is 2. The predicted molar refractivity (Wildman–Crippen MR) is 114 cm³/mol. The van der Waals surface area contributed by atoms with E-state index >= 15 is 0 Å². The smallest absolute Gasteiger partial charge is 0.138 e. The van der Waals surface area contributed by atoms with Gasteiger partial charge in [0.05, 0.1) is 12.5 Å². The van der Waals surface area contributed by atoms with Gasteiger partial charge in [-0.15, -0.1) is 0 Å². The average molecular weight is 392 g/mol. The minimum absolute atomic E-state index is 0.0789. The fourth-order valence-electron chi connectivity index (χ4n) is 4.09. The van der Waals surface area contributed by atoms with Gasteiger partial charge in [0.2, 0.25) is 0 Å². The van der Waals surface area contributed by atoms with Crippen molar-refractivity contribution >= 4 is 0 Å². The van der Waals surface area contributed by atoms with E-state index in [1.165, 1.54) is 11.1 Å². The van der Waals surface area contributed by atoms with Gasteiger partial charge in [-0.2, -0.15) is 0 Å². The number of phenols is 2. The summed E-state index contributed by atoms with van der Waals surface area (Å²) >= 11 is 0. The SMILES string of the molecule is CC(C)=CCc1cc2c(c(CC=C(C)C)c1O)OCC1c3ccc(O)cc3OC21. The summed E-state index contributed by atoms with van der Waals surface area (Å²) in [5, 5.41) is 20.8. The molecular formula is C25H28O4. The van der Waals surface area contributed by atoms with Crippen LogP contribution in [0.25, 0.3) is 0 Å². The Kier molecular flexibility index (Phi) is 5.03. The normalized spacial score (nSPS) is 18.6. The zero-order chi connectivity index (χ0) is 20.7. The lowest BCUT2D eigenvalue weighted by molar-refractivity contribution is 0.138. The quantitative estimate of drug-likeness (QED) is 0.653. The van der Waals surface area contributed by atoms with E-state index in [0.717, 1.165) is 28.0 Å². The highest BCUT2D eigenvalue weighted by atomic mass is 16.5. The van der Waals surface area contributed by atoms with E-state index in [1.807, 2.05) is 12.1 Å². The maximum atomic E-state index is 11.0. The molecule has 2 aromatic carbocycles. The van der Waals surface area contributed by atoms with Crippen LogP contribution in [0.2, 0.25) is 0 Å². The monoisotopic (exact) mass is 392 g/mol. The number of hydrogen-bond donors (Lipinski definition) is 2. The lowest BCUT2D eigenvalue weighted by Crippen LogP contribution is -2.24. The van der Waals surface area contributed by atoms with Gasteiger partial charge >= 0.3 is 0 Å². The van der Waals surface area contributed by atoms with Crippen molar-refractivity contribution in [3.05, 3.63) is 69.8 Å². The molecule has 2 heterocycles. The van der Waals surface area contributed by atoms with Crippen molar-refractivity contribution in [1.82, 2.24) is 0 Å². The molecule has 2 aliphatic heterocycles. The van der Waals surface area contributed by atoms with E-state index in [4.69, 9.17) is 9.47 Å². The Balaban J connectivity index is 1.82. The lowest BCUT2D eigenvalue weighted by atomic mass is 9.86. The van der Waals surface area contributed by atoms with E-state index in [-0.39, 0.29) is 17.8 Å². The van der Waals surface area contributed by atoms with Crippen LogP contribution in [-0.2, 0) is 12.8 Å². The Morgan fingerprint density at radius 1 is 1.00 bits per heavy atom. The van der Waals surface area contributed by atoms with Crippen LogP contribution in [0.15, 0.2) is 47.6 Å². The number of hydrogen-bond acceptors (Lipinski definition) is 4. The third-order valence-electron chi connectivity index (χ3n) is 5.63. The Bertz CT molecular complexity index is 1010. The minimum atomic E-state index is -0.174. The fourth-order valence-corrected chi connectivity index (χ4v) is 4.09. The second-order valence-corrected chi connectivity index (χ2v) is 8.43. The van der Waals surface area contributed by atoms with Crippen LogP contribution in [-0.4, -0.2) is 16.8 Å².